The molecule has 0 saturated heterocycles. The Labute approximate surface area is 97.2 Å². The van der Waals surface area contributed by atoms with Crippen molar-refractivity contribution in [2.24, 2.45) is 5.41 Å². The van der Waals surface area contributed by atoms with Gasteiger partial charge in [0.1, 0.15) is 11.6 Å². The predicted octanol–water partition coefficient (Wildman–Crippen LogP) is 3.08. The van der Waals surface area contributed by atoms with E-state index in [9.17, 15) is 0 Å². The van der Waals surface area contributed by atoms with E-state index in [1.54, 1.807) is 13.3 Å². The minimum atomic E-state index is 0.566. The van der Waals surface area contributed by atoms with Crippen molar-refractivity contribution < 1.29 is 4.74 Å². The number of hydrogen-bond acceptors (Lipinski definition) is 3. The molecule has 1 aromatic rings. The molecule has 3 heteroatoms. The quantitative estimate of drug-likeness (QED) is 0.800. The minimum Gasteiger partial charge on any atom is -0.495 e. The highest BCUT2D eigenvalue weighted by atomic mass is 16.5. The van der Waals surface area contributed by atoms with Gasteiger partial charge in [0.2, 0.25) is 0 Å². The second-order valence-corrected chi connectivity index (χ2v) is 4.69. The molecule has 0 bridgehead atoms. The van der Waals surface area contributed by atoms with E-state index in [-0.39, 0.29) is 0 Å². The number of ether oxygens (including phenoxy) is 1. The van der Waals surface area contributed by atoms with Crippen molar-refractivity contribution in [3.05, 3.63) is 18.3 Å². The van der Waals surface area contributed by atoms with E-state index in [2.05, 4.69) is 17.2 Å². The molecule has 2 rings (SSSR count). The molecule has 0 radical (unpaired) electrons. The monoisotopic (exact) mass is 220 g/mol. The lowest BCUT2D eigenvalue weighted by Crippen LogP contribution is -2.15. The summed E-state index contributed by atoms with van der Waals surface area (Å²) < 4.78 is 5.08. The van der Waals surface area contributed by atoms with Gasteiger partial charge < -0.3 is 10.1 Å². The summed E-state index contributed by atoms with van der Waals surface area (Å²) >= 11 is 0. The summed E-state index contributed by atoms with van der Waals surface area (Å²) in [6, 6.07) is 3.91. The van der Waals surface area contributed by atoms with E-state index < -0.39 is 0 Å². The first-order chi connectivity index (χ1) is 7.78. The molecule has 0 atom stereocenters. The first-order valence-electron chi connectivity index (χ1n) is 6.02. The fourth-order valence-electron chi connectivity index (χ4n) is 2.11. The first-order valence-corrected chi connectivity index (χ1v) is 6.02. The minimum absolute atomic E-state index is 0.566. The van der Waals surface area contributed by atoms with Crippen LogP contribution in [0.25, 0.3) is 0 Å². The Bertz CT molecular complexity index is 330. The van der Waals surface area contributed by atoms with E-state index in [1.807, 2.05) is 12.1 Å². The van der Waals surface area contributed by atoms with Crippen LogP contribution in [-0.4, -0.2) is 18.6 Å². The number of nitrogens with zero attached hydrogens (tertiary/aromatic N) is 1. The number of rotatable bonds is 6. The average Bonchev–Trinajstić information content (AvgIpc) is 3.08. The molecule has 1 saturated carbocycles. The molecule has 0 unspecified atom stereocenters. The van der Waals surface area contributed by atoms with Crippen molar-refractivity contribution in [1.82, 2.24) is 4.98 Å². The second-order valence-electron chi connectivity index (χ2n) is 4.69. The summed E-state index contributed by atoms with van der Waals surface area (Å²) in [6.07, 6.45) is 7.09. The molecule has 3 nitrogen and oxygen atoms in total. The molecule has 1 heterocycles. The summed E-state index contributed by atoms with van der Waals surface area (Å²) in [5.41, 5.74) is 0.566. The summed E-state index contributed by atoms with van der Waals surface area (Å²) in [5, 5.41) is 3.42. The van der Waals surface area contributed by atoms with Crippen molar-refractivity contribution in [3.63, 3.8) is 0 Å². The first kappa shape index (κ1) is 11.2. The lowest BCUT2D eigenvalue weighted by Gasteiger charge is -2.15. The van der Waals surface area contributed by atoms with Gasteiger partial charge in [0.25, 0.3) is 0 Å². The Hall–Kier alpha value is -1.25. The summed E-state index contributed by atoms with van der Waals surface area (Å²) in [6.45, 7) is 3.31. The third-order valence-electron chi connectivity index (χ3n) is 3.35. The van der Waals surface area contributed by atoms with E-state index >= 15 is 0 Å². The Morgan fingerprint density at radius 3 is 2.75 bits per heavy atom. The van der Waals surface area contributed by atoms with Crippen LogP contribution in [0.15, 0.2) is 18.3 Å². The molecule has 1 aliphatic carbocycles. The number of methoxy groups -OCH3 is 1. The molecular weight excluding hydrogens is 200 g/mol. The highest BCUT2D eigenvalue weighted by Crippen LogP contribution is 2.49. The number of pyridine rings is 1. The molecule has 0 spiro atoms. The maximum Gasteiger partial charge on any atom is 0.137 e. The molecule has 16 heavy (non-hydrogen) atoms. The lowest BCUT2D eigenvalue weighted by molar-refractivity contribution is 0.413. The van der Waals surface area contributed by atoms with E-state index in [0.29, 0.717) is 5.41 Å². The predicted molar refractivity (Wildman–Crippen MR) is 65.9 cm³/mol. The fraction of sp³-hybridized carbons (Fsp3) is 0.615. The zero-order valence-electron chi connectivity index (χ0n) is 10.1. The van der Waals surface area contributed by atoms with Gasteiger partial charge in [-0.05, 0) is 36.8 Å². The number of hydrogen-bond donors (Lipinski definition) is 1. The van der Waals surface area contributed by atoms with Gasteiger partial charge in [-0.3, -0.25) is 0 Å². The molecule has 1 aliphatic rings. The van der Waals surface area contributed by atoms with Crippen LogP contribution in [-0.2, 0) is 0 Å². The molecule has 88 valence electrons. The summed E-state index contributed by atoms with van der Waals surface area (Å²) in [5.74, 6) is 1.75. The summed E-state index contributed by atoms with van der Waals surface area (Å²) in [7, 11) is 1.66. The van der Waals surface area contributed by atoms with Crippen molar-refractivity contribution >= 4 is 5.82 Å². The Morgan fingerprint density at radius 2 is 2.25 bits per heavy atom. The van der Waals surface area contributed by atoms with Crippen molar-refractivity contribution in [1.29, 1.82) is 0 Å². The Morgan fingerprint density at radius 1 is 1.44 bits per heavy atom. The SMILES string of the molecule is CCCC1(CNc2ccc(OC)cn2)CC1. The second kappa shape index (κ2) is 4.73. The van der Waals surface area contributed by atoms with Gasteiger partial charge in [-0.1, -0.05) is 13.3 Å². The van der Waals surface area contributed by atoms with Gasteiger partial charge in [-0.2, -0.15) is 0 Å². The van der Waals surface area contributed by atoms with E-state index in [1.165, 1.54) is 25.7 Å². The molecule has 1 fully saturated rings. The van der Waals surface area contributed by atoms with Crippen LogP contribution in [0.1, 0.15) is 32.6 Å². The fourth-order valence-corrected chi connectivity index (χ4v) is 2.11. The van der Waals surface area contributed by atoms with Crippen LogP contribution < -0.4 is 10.1 Å². The third-order valence-corrected chi connectivity index (χ3v) is 3.35. The van der Waals surface area contributed by atoms with E-state index in [4.69, 9.17) is 4.74 Å². The van der Waals surface area contributed by atoms with Crippen LogP contribution in [0.3, 0.4) is 0 Å². The Balaban J connectivity index is 1.85. The highest BCUT2D eigenvalue weighted by Gasteiger charge is 2.41. The zero-order valence-corrected chi connectivity index (χ0v) is 10.1. The van der Waals surface area contributed by atoms with Gasteiger partial charge in [-0.15, -0.1) is 0 Å². The topological polar surface area (TPSA) is 34.1 Å². The normalized spacial score (nSPS) is 16.9. The van der Waals surface area contributed by atoms with Crippen LogP contribution in [0.5, 0.6) is 5.75 Å². The molecule has 0 amide bonds. The number of anilines is 1. The third kappa shape index (κ3) is 2.65. The zero-order chi connectivity index (χ0) is 11.4. The highest BCUT2D eigenvalue weighted by molar-refractivity contribution is 5.38. The van der Waals surface area contributed by atoms with Crippen molar-refractivity contribution in [2.75, 3.05) is 19.0 Å². The van der Waals surface area contributed by atoms with Crippen LogP contribution in [0, 0.1) is 5.41 Å². The molecule has 0 aromatic carbocycles. The van der Waals surface area contributed by atoms with Crippen LogP contribution in [0.2, 0.25) is 0 Å². The maximum absolute atomic E-state index is 5.08. The van der Waals surface area contributed by atoms with Gasteiger partial charge in [0, 0.05) is 6.54 Å². The van der Waals surface area contributed by atoms with Gasteiger partial charge in [0.05, 0.1) is 13.3 Å². The van der Waals surface area contributed by atoms with Gasteiger partial charge in [-0.25, -0.2) is 4.98 Å². The Kier molecular flexibility index (Phi) is 3.32. The van der Waals surface area contributed by atoms with E-state index in [0.717, 1.165) is 18.1 Å². The molecule has 1 aromatic heterocycles. The lowest BCUT2D eigenvalue weighted by atomic mass is 10.0. The molecule has 1 N–H and O–H groups in total. The van der Waals surface area contributed by atoms with Crippen LogP contribution in [0.4, 0.5) is 5.82 Å². The molecule has 0 aliphatic heterocycles. The standard InChI is InChI=1S/C13H20N2O/c1-3-6-13(7-8-13)10-15-12-5-4-11(16-2)9-14-12/h4-5,9H,3,6-8,10H2,1-2H3,(H,14,15). The smallest absolute Gasteiger partial charge is 0.137 e. The summed E-state index contributed by atoms with van der Waals surface area (Å²) in [4.78, 5) is 4.30. The maximum atomic E-state index is 5.08. The average molecular weight is 220 g/mol. The largest absolute Gasteiger partial charge is 0.495 e. The molecular formula is C13H20N2O. The van der Waals surface area contributed by atoms with Crippen molar-refractivity contribution in [3.8, 4) is 5.75 Å². The van der Waals surface area contributed by atoms with Crippen molar-refractivity contribution in [2.45, 2.75) is 32.6 Å². The van der Waals surface area contributed by atoms with Gasteiger partial charge >= 0.3 is 0 Å². The van der Waals surface area contributed by atoms with Gasteiger partial charge in [0.15, 0.2) is 0 Å². The number of aromatic nitrogens is 1. The van der Waals surface area contributed by atoms with Crippen LogP contribution >= 0.6 is 0 Å². The number of nitrogens with one attached hydrogen (secondary N) is 1.